The first kappa shape index (κ1) is 15.5. The third-order valence-electron chi connectivity index (χ3n) is 4.83. The van der Waals surface area contributed by atoms with Gasteiger partial charge in [-0.05, 0) is 31.7 Å². The van der Waals surface area contributed by atoms with Crippen molar-refractivity contribution < 1.29 is 19.7 Å². The Morgan fingerprint density at radius 3 is 2.86 bits per heavy atom. The number of aromatic amines is 1. The van der Waals surface area contributed by atoms with Gasteiger partial charge in [0.25, 0.3) is 5.91 Å². The molecular formula is C15H23N3O4. The molecule has 2 saturated heterocycles. The Morgan fingerprint density at radius 2 is 2.23 bits per heavy atom. The van der Waals surface area contributed by atoms with Crippen LogP contribution in [0.4, 0.5) is 0 Å². The van der Waals surface area contributed by atoms with Gasteiger partial charge in [0, 0.05) is 18.8 Å². The average molecular weight is 309 g/mol. The fourth-order valence-electron chi connectivity index (χ4n) is 3.32. The molecule has 0 saturated carbocycles. The number of amides is 1. The lowest BCUT2D eigenvalue weighted by molar-refractivity contribution is -0.212. The number of aliphatic hydroxyl groups is 2. The lowest BCUT2D eigenvalue weighted by atomic mass is 9.80. The van der Waals surface area contributed by atoms with Crippen LogP contribution in [0.2, 0.25) is 0 Å². The molecule has 3 heterocycles. The topological polar surface area (TPSA) is 98.7 Å². The minimum Gasteiger partial charge on any atom is -0.390 e. The van der Waals surface area contributed by atoms with Gasteiger partial charge in [0.1, 0.15) is 11.8 Å². The second-order valence-electron chi connectivity index (χ2n) is 6.14. The van der Waals surface area contributed by atoms with Gasteiger partial charge >= 0.3 is 0 Å². The number of carbonyl (C=O) groups excluding carboxylic acids is 1. The molecule has 122 valence electrons. The molecule has 0 aliphatic carbocycles. The van der Waals surface area contributed by atoms with Gasteiger partial charge in [-0.1, -0.05) is 6.92 Å². The van der Waals surface area contributed by atoms with Crippen molar-refractivity contribution in [3.05, 3.63) is 17.5 Å². The van der Waals surface area contributed by atoms with E-state index in [1.165, 1.54) is 0 Å². The van der Waals surface area contributed by atoms with E-state index in [0.29, 0.717) is 44.7 Å². The van der Waals surface area contributed by atoms with E-state index in [0.717, 1.165) is 12.1 Å². The number of carbonyl (C=O) groups is 1. The summed E-state index contributed by atoms with van der Waals surface area (Å²) in [7, 11) is 0. The summed E-state index contributed by atoms with van der Waals surface area (Å²) in [6, 6.07) is 1.78. The fourth-order valence-corrected chi connectivity index (χ4v) is 3.32. The zero-order valence-corrected chi connectivity index (χ0v) is 12.8. The van der Waals surface area contributed by atoms with E-state index in [2.05, 4.69) is 10.2 Å². The minimum atomic E-state index is -0.879. The first-order chi connectivity index (χ1) is 10.6. The lowest BCUT2D eigenvalue weighted by Gasteiger charge is -2.48. The van der Waals surface area contributed by atoms with Crippen LogP contribution in [-0.4, -0.2) is 68.7 Å². The summed E-state index contributed by atoms with van der Waals surface area (Å²) in [4.78, 5) is 14.2. The highest BCUT2D eigenvalue weighted by molar-refractivity contribution is 5.92. The van der Waals surface area contributed by atoms with Gasteiger partial charge in [0.2, 0.25) is 0 Å². The highest BCUT2D eigenvalue weighted by atomic mass is 16.5. The van der Waals surface area contributed by atoms with Gasteiger partial charge in [0.05, 0.1) is 18.3 Å². The summed E-state index contributed by atoms with van der Waals surface area (Å²) >= 11 is 0. The van der Waals surface area contributed by atoms with Crippen LogP contribution in [0.5, 0.6) is 0 Å². The van der Waals surface area contributed by atoms with Gasteiger partial charge in [-0.25, -0.2) is 0 Å². The maximum atomic E-state index is 12.4. The van der Waals surface area contributed by atoms with Gasteiger partial charge in [-0.2, -0.15) is 5.10 Å². The zero-order chi connectivity index (χ0) is 15.7. The molecule has 1 spiro atoms. The molecular weight excluding hydrogens is 286 g/mol. The lowest BCUT2D eigenvalue weighted by Crippen LogP contribution is -2.60. The van der Waals surface area contributed by atoms with Crippen LogP contribution in [-0.2, 0) is 11.2 Å². The third kappa shape index (κ3) is 2.64. The van der Waals surface area contributed by atoms with Crippen LogP contribution in [0, 0.1) is 0 Å². The van der Waals surface area contributed by atoms with Crippen LogP contribution in [0.15, 0.2) is 6.07 Å². The Balaban J connectivity index is 1.65. The summed E-state index contributed by atoms with van der Waals surface area (Å²) in [6.07, 6.45) is 0.703. The van der Waals surface area contributed by atoms with E-state index < -0.39 is 17.8 Å². The van der Waals surface area contributed by atoms with Gasteiger partial charge in [-0.15, -0.1) is 0 Å². The fraction of sp³-hybridized carbons (Fsp3) is 0.733. The SMILES string of the molecule is CCc1cc(C(=O)N2CCC3(CC2)OCC[C@H](O)[C@@H]3O)n[nH]1. The van der Waals surface area contributed by atoms with E-state index in [4.69, 9.17) is 4.74 Å². The van der Waals surface area contributed by atoms with E-state index in [1.54, 1.807) is 11.0 Å². The Morgan fingerprint density at radius 1 is 1.50 bits per heavy atom. The van der Waals surface area contributed by atoms with Gasteiger partial charge in [-0.3, -0.25) is 9.89 Å². The van der Waals surface area contributed by atoms with Crippen molar-refractivity contribution in [1.29, 1.82) is 0 Å². The number of rotatable bonds is 2. The number of likely N-dealkylation sites (tertiary alicyclic amines) is 1. The second-order valence-corrected chi connectivity index (χ2v) is 6.14. The Hall–Kier alpha value is -1.44. The molecule has 1 aromatic rings. The monoisotopic (exact) mass is 309 g/mol. The molecule has 1 amide bonds. The van der Waals surface area contributed by atoms with Crippen LogP contribution in [0.3, 0.4) is 0 Å². The summed E-state index contributed by atoms with van der Waals surface area (Å²) in [5, 5.41) is 27.0. The van der Waals surface area contributed by atoms with E-state index >= 15 is 0 Å². The molecule has 2 aliphatic rings. The zero-order valence-electron chi connectivity index (χ0n) is 12.8. The van der Waals surface area contributed by atoms with Crippen molar-refractivity contribution in [3.63, 3.8) is 0 Å². The van der Waals surface area contributed by atoms with E-state index in [1.807, 2.05) is 6.92 Å². The molecule has 0 aromatic carbocycles. The minimum absolute atomic E-state index is 0.100. The number of ether oxygens (including phenoxy) is 1. The third-order valence-corrected chi connectivity index (χ3v) is 4.83. The molecule has 7 nitrogen and oxygen atoms in total. The molecule has 0 bridgehead atoms. The number of nitrogens with zero attached hydrogens (tertiary/aromatic N) is 2. The Bertz CT molecular complexity index is 537. The first-order valence-electron chi connectivity index (χ1n) is 7.89. The van der Waals surface area contributed by atoms with E-state index in [9.17, 15) is 15.0 Å². The number of H-pyrrole nitrogens is 1. The first-order valence-corrected chi connectivity index (χ1v) is 7.89. The average Bonchev–Trinajstić information content (AvgIpc) is 3.02. The van der Waals surface area contributed by atoms with Gasteiger partial charge in [0.15, 0.2) is 0 Å². The summed E-state index contributed by atoms with van der Waals surface area (Å²) in [6.45, 7) is 3.44. The van der Waals surface area contributed by atoms with Crippen LogP contribution in [0.25, 0.3) is 0 Å². The number of piperidine rings is 1. The quantitative estimate of drug-likeness (QED) is 0.719. The number of aliphatic hydroxyl groups excluding tert-OH is 2. The predicted molar refractivity (Wildman–Crippen MR) is 78.4 cm³/mol. The van der Waals surface area contributed by atoms with Crippen LogP contribution in [0.1, 0.15) is 42.4 Å². The highest BCUT2D eigenvalue weighted by Gasteiger charge is 2.48. The Kier molecular flexibility index (Phi) is 4.20. The standard InChI is InChI=1S/C15H23N3O4/c1-2-10-9-11(17-16-10)14(21)18-6-4-15(5-7-18)13(20)12(19)3-8-22-15/h9,12-13,19-20H,2-8H2,1H3,(H,16,17)/t12-,13-/m0/s1. The van der Waals surface area contributed by atoms with Crippen molar-refractivity contribution >= 4 is 5.91 Å². The molecule has 0 unspecified atom stereocenters. The smallest absolute Gasteiger partial charge is 0.274 e. The second kappa shape index (κ2) is 5.98. The maximum Gasteiger partial charge on any atom is 0.274 e. The van der Waals surface area contributed by atoms with Gasteiger partial charge < -0.3 is 19.8 Å². The van der Waals surface area contributed by atoms with Crippen LogP contribution >= 0.6 is 0 Å². The van der Waals surface area contributed by atoms with E-state index in [-0.39, 0.29) is 5.91 Å². The molecule has 2 aliphatic heterocycles. The van der Waals surface area contributed by atoms with Crippen LogP contribution < -0.4 is 0 Å². The van der Waals surface area contributed by atoms with Crippen molar-refractivity contribution in [2.45, 2.75) is 50.4 Å². The maximum absolute atomic E-state index is 12.4. The molecule has 2 atom stereocenters. The number of aryl methyl sites for hydroxylation is 1. The number of hydrogen-bond donors (Lipinski definition) is 3. The van der Waals surface area contributed by atoms with Crippen molar-refractivity contribution in [2.24, 2.45) is 0 Å². The molecule has 3 rings (SSSR count). The number of hydrogen-bond acceptors (Lipinski definition) is 5. The molecule has 7 heteroatoms. The Labute approximate surface area is 129 Å². The summed E-state index contributed by atoms with van der Waals surface area (Å²) < 4.78 is 5.77. The van der Waals surface area contributed by atoms with Crippen molar-refractivity contribution in [3.8, 4) is 0 Å². The molecule has 1 aromatic heterocycles. The largest absolute Gasteiger partial charge is 0.390 e. The van der Waals surface area contributed by atoms with Crippen molar-refractivity contribution in [2.75, 3.05) is 19.7 Å². The molecule has 3 N–H and O–H groups in total. The summed E-state index contributed by atoms with van der Waals surface area (Å²) in [5.74, 6) is -0.100. The number of nitrogens with one attached hydrogen (secondary N) is 1. The molecule has 22 heavy (non-hydrogen) atoms. The highest BCUT2D eigenvalue weighted by Crippen LogP contribution is 2.35. The summed E-state index contributed by atoms with van der Waals surface area (Å²) in [5.41, 5.74) is 0.651. The molecule has 2 fully saturated rings. The molecule has 0 radical (unpaired) electrons. The predicted octanol–water partition coefficient (Wildman–Crippen LogP) is 0.0890. The van der Waals surface area contributed by atoms with Crippen molar-refractivity contribution in [1.82, 2.24) is 15.1 Å². The number of aromatic nitrogens is 2. The normalized spacial score (nSPS) is 28.0.